The third kappa shape index (κ3) is 4.79. The van der Waals surface area contributed by atoms with E-state index in [1.165, 1.54) is 30.9 Å². The summed E-state index contributed by atoms with van der Waals surface area (Å²) in [5.41, 5.74) is 8.24. The number of thiophene rings is 1. The van der Waals surface area contributed by atoms with Crippen molar-refractivity contribution in [1.82, 2.24) is 19.5 Å². The summed E-state index contributed by atoms with van der Waals surface area (Å²) in [4.78, 5) is 15.0. The monoisotopic (exact) mass is 681 g/mol. The lowest BCUT2D eigenvalue weighted by Crippen LogP contribution is -2.02. The van der Waals surface area contributed by atoms with Gasteiger partial charge in [-0.25, -0.2) is 15.0 Å². The zero-order valence-corrected chi connectivity index (χ0v) is 28.5. The Morgan fingerprint density at radius 2 is 1.08 bits per heavy atom. The maximum absolute atomic E-state index is 10.4. The van der Waals surface area contributed by atoms with Gasteiger partial charge < -0.3 is 4.57 Å². The zero-order valence-electron chi connectivity index (χ0n) is 27.7. The zero-order chi connectivity index (χ0) is 34.6. The number of nitrogens with zero attached hydrogens (tertiary/aromatic N) is 5. The molecule has 0 saturated carbocycles. The van der Waals surface area contributed by atoms with Gasteiger partial charge in [0, 0.05) is 54.1 Å². The molecule has 0 N–H and O–H groups in total. The highest BCUT2D eigenvalue weighted by molar-refractivity contribution is 7.26. The van der Waals surface area contributed by atoms with E-state index in [4.69, 9.17) is 15.0 Å². The third-order valence-electron chi connectivity index (χ3n) is 9.71. The van der Waals surface area contributed by atoms with Crippen molar-refractivity contribution in [2.45, 2.75) is 0 Å². The Balaban J connectivity index is 1.29. The fourth-order valence-electron chi connectivity index (χ4n) is 7.32. The number of benzene rings is 7. The molecular weight excluding hydrogens is 655 g/mol. The molecule has 10 aromatic rings. The van der Waals surface area contributed by atoms with Crippen LogP contribution >= 0.6 is 11.3 Å². The number of hydrogen-bond acceptors (Lipinski definition) is 5. The largest absolute Gasteiger partial charge is 0.307 e. The van der Waals surface area contributed by atoms with Crippen LogP contribution in [0.15, 0.2) is 164 Å². The highest BCUT2D eigenvalue weighted by Gasteiger charge is 2.22. The maximum atomic E-state index is 10.4. The molecule has 3 heterocycles. The number of rotatable bonds is 5. The second-order valence-corrected chi connectivity index (χ2v) is 13.8. The molecule has 0 aliphatic carbocycles. The van der Waals surface area contributed by atoms with Crippen LogP contribution in [0.5, 0.6) is 0 Å². The lowest BCUT2D eigenvalue weighted by atomic mass is 9.96. The van der Waals surface area contributed by atoms with E-state index in [0.717, 1.165) is 44.5 Å². The molecule has 242 valence electrons. The van der Waals surface area contributed by atoms with E-state index in [-0.39, 0.29) is 0 Å². The van der Waals surface area contributed by atoms with Gasteiger partial charge in [0.25, 0.3) is 0 Å². The van der Waals surface area contributed by atoms with Gasteiger partial charge in [0.05, 0.1) is 33.1 Å². The number of para-hydroxylation sites is 1. The number of hydrogen-bond donors (Lipinski definition) is 0. The third-order valence-corrected chi connectivity index (χ3v) is 10.9. The Kier molecular flexibility index (Phi) is 6.98. The first kappa shape index (κ1) is 29.9. The molecule has 7 aromatic carbocycles. The molecular formula is C46H27N5S. The van der Waals surface area contributed by atoms with E-state index in [0.29, 0.717) is 23.0 Å². The summed E-state index contributed by atoms with van der Waals surface area (Å²) in [7, 11) is 0. The van der Waals surface area contributed by atoms with Crippen molar-refractivity contribution in [2.24, 2.45) is 0 Å². The van der Waals surface area contributed by atoms with Crippen molar-refractivity contribution >= 4 is 53.3 Å². The van der Waals surface area contributed by atoms with Crippen LogP contribution in [-0.4, -0.2) is 19.5 Å². The number of fused-ring (bicyclic) bond motifs is 7. The molecule has 52 heavy (non-hydrogen) atoms. The van der Waals surface area contributed by atoms with E-state index in [2.05, 4.69) is 89.5 Å². The summed E-state index contributed by atoms with van der Waals surface area (Å²) >= 11 is 1.82. The maximum Gasteiger partial charge on any atom is 0.164 e. The molecule has 3 aromatic heterocycles. The van der Waals surface area contributed by atoms with Crippen LogP contribution in [0.4, 0.5) is 0 Å². The highest BCUT2D eigenvalue weighted by atomic mass is 32.1. The van der Waals surface area contributed by atoms with Crippen molar-refractivity contribution in [3.8, 4) is 57.0 Å². The summed E-state index contributed by atoms with van der Waals surface area (Å²) in [6.45, 7) is 0. The summed E-state index contributed by atoms with van der Waals surface area (Å²) in [6.07, 6.45) is 0. The van der Waals surface area contributed by atoms with E-state index < -0.39 is 0 Å². The molecule has 10 rings (SSSR count). The van der Waals surface area contributed by atoms with Gasteiger partial charge in [0.2, 0.25) is 0 Å². The molecule has 0 saturated heterocycles. The summed E-state index contributed by atoms with van der Waals surface area (Å²) in [5, 5.41) is 15.2. The fourth-order valence-corrected chi connectivity index (χ4v) is 8.56. The SMILES string of the molecule is N#Cc1ccccc1-c1cc(-c2nc(-c3ccccc3)nc(-c3ccccc3)n2)ccc1-n1c2ccccc2c2ccc3c4ccccc4sc3c21. The van der Waals surface area contributed by atoms with Crippen molar-refractivity contribution < 1.29 is 0 Å². The molecule has 0 aliphatic rings. The average molecular weight is 682 g/mol. The number of nitriles is 1. The molecule has 0 bridgehead atoms. The van der Waals surface area contributed by atoms with Gasteiger partial charge >= 0.3 is 0 Å². The van der Waals surface area contributed by atoms with Crippen molar-refractivity contribution in [3.05, 3.63) is 169 Å². The van der Waals surface area contributed by atoms with Crippen LogP contribution in [0.1, 0.15) is 5.56 Å². The second-order valence-electron chi connectivity index (χ2n) is 12.7. The Labute approximate surface area is 303 Å². The van der Waals surface area contributed by atoms with Gasteiger partial charge in [-0.1, -0.05) is 127 Å². The fraction of sp³-hybridized carbons (Fsp3) is 0. The molecule has 0 spiro atoms. The van der Waals surface area contributed by atoms with Gasteiger partial charge in [-0.15, -0.1) is 11.3 Å². The van der Waals surface area contributed by atoms with Gasteiger partial charge in [-0.2, -0.15) is 5.26 Å². The van der Waals surface area contributed by atoms with E-state index in [1.54, 1.807) is 0 Å². The molecule has 0 aliphatic heterocycles. The molecule has 0 amide bonds. The lowest BCUT2D eigenvalue weighted by Gasteiger charge is -2.17. The van der Waals surface area contributed by atoms with E-state index in [1.807, 2.05) is 96.3 Å². The minimum absolute atomic E-state index is 0.559. The van der Waals surface area contributed by atoms with Crippen molar-refractivity contribution in [1.29, 1.82) is 5.26 Å². The molecule has 0 fully saturated rings. The van der Waals surface area contributed by atoms with E-state index in [9.17, 15) is 5.26 Å². The topological polar surface area (TPSA) is 67.4 Å². The normalized spacial score (nSPS) is 11.4. The van der Waals surface area contributed by atoms with Gasteiger partial charge in [-0.05, 0) is 36.4 Å². The molecule has 5 nitrogen and oxygen atoms in total. The van der Waals surface area contributed by atoms with Crippen molar-refractivity contribution in [3.63, 3.8) is 0 Å². The molecule has 0 atom stereocenters. The predicted octanol–water partition coefficient (Wildman–Crippen LogP) is 11.9. The van der Waals surface area contributed by atoms with Crippen LogP contribution in [0.3, 0.4) is 0 Å². The standard InChI is InChI=1S/C46H27N5S/c47-28-32-17-7-8-18-33(32)38-27-31(46-49-44(29-13-3-1-4-14-29)48-45(50-46)30-15-5-2-6-16-30)23-26-40(38)51-39-21-11-9-19-34(39)36-24-25-37-35-20-10-12-22-41(35)52-43(37)42(36)51/h1-27H. The highest BCUT2D eigenvalue weighted by Crippen LogP contribution is 2.45. The lowest BCUT2D eigenvalue weighted by molar-refractivity contribution is 1.07. The quantitative estimate of drug-likeness (QED) is 0.181. The minimum Gasteiger partial charge on any atom is -0.307 e. The Hall–Kier alpha value is -6.94. The summed E-state index contributed by atoms with van der Waals surface area (Å²) < 4.78 is 4.87. The average Bonchev–Trinajstić information content (AvgIpc) is 3.77. The van der Waals surface area contributed by atoms with Crippen LogP contribution in [0.25, 0.3) is 93.0 Å². The Bertz CT molecular complexity index is 2970. The summed E-state index contributed by atoms with van der Waals surface area (Å²) in [5.74, 6) is 1.76. The first-order valence-electron chi connectivity index (χ1n) is 17.1. The second kappa shape index (κ2) is 12.1. The van der Waals surface area contributed by atoms with Crippen LogP contribution in [0, 0.1) is 11.3 Å². The van der Waals surface area contributed by atoms with Gasteiger partial charge in [0.15, 0.2) is 17.5 Å². The Morgan fingerprint density at radius 1 is 0.481 bits per heavy atom. The first-order chi connectivity index (χ1) is 25.7. The van der Waals surface area contributed by atoms with E-state index >= 15 is 0 Å². The minimum atomic E-state index is 0.559. The van der Waals surface area contributed by atoms with Crippen molar-refractivity contribution in [2.75, 3.05) is 0 Å². The van der Waals surface area contributed by atoms with Gasteiger partial charge in [-0.3, -0.25) is 0 Å². The number of aromatic nitrogens is 4. The molecule has 6 heteroatoms. The molecule has 0 unspecified atom stereocenters. The van der Waals surface area contributed by atoms with Crippen LogP contribution < -0.4 is 0 Å². The van der Waals surface area contributed by atoms with Gasteiger partial charge in [0.1, 0.15) is 0 Å². The first-order valence-corrected chi connectivity index (χ1v) is 17.9. The summed E-state index contributed by atoms with van der Waals surface area (Å²) in [6, 6.07) is 58.4. The van der Waals surface area contributed by atoms with Crippen LogP contribution in [-0.2, 0) is 0 Å². The van der Waals surface area contributed by atoms with Crippen LogP contribution in [0.2, 0.25) is 0 Å². The molecule has 0 radical (unpaired) electrons. The Morgan fingerprint density at radius 3 is 1.81 bits per heavy atom. The smallest absolute Gasteiger partial charge is 0.164 e. The predicted molar refractivity (Wildman–Crippen MR) is 214 cm³/mol.